The van der Waals surface area contributed by atoms with Crippen molar-refractivity contribution in [2.75, 3.05) is 13.1 Å². The number of carboxylic acid groups (broad SMARTS) is 1. The molecule has 1 saturated heterocycles. The minimum atomic E-state index is -0.721. The maximum Gasteiger partial charge on any atom is 0.307 e. The minimum absolute atomic E-state index is 0.131. The molecule has 2 unspecified atom stereocenters. The van der Waals surface area contributed by atoms with E-state index in [-0.39, 0.29) is 12.0 Å². The molecule has 2 atom stereocenters. The number of nitrogens with zero attached hydrogens (tertiary/aromatic N) is 3. The average Bonchev–Trinajstić information content (AvgIpc) is 2.79. The highest BCUT2D eigenvalue weighted by Crippen LogP contribution is 2.33. The number of likely N-dealkylation sites (tertiary alicyclic amines) is 1. The number of hydrogen-bond acceptors (Lipinski definition) is 4. The molecule has 1 N–H and O–H groups in total. The molecule has 1 aliphatic heterocycles. The Kier molecular flexibility index (Phi) is 4.89. The predicted octanol–water partition coefficient (Wildman–Crippen LogP) is 4.67. The highest BCUT2D eigenvalue weighted by Gasteiger charge is 2.32. The molecule has 2 aromatic carbocycles. The first-order valence-electron chi connectivity index (χ1n) is 10.4. The SMILES string of the molecule is O=C(O)C1CCCN(C(c2cnc3ccccc3c2)c2ccc3ccccc3n2)C1. The number of pyridine rings is 2. The maximum atomic E-state index is 11.7. The van der Waals surface area contributed by atoms with Gasteiger partial charge in [0, 0.05) is 23.5 Å². The molecule has 5 heteroatoms. The first kappa shape index (κ1) is 18.7. The lowest BCUT2D eigenvalue weighted by Gasteiger charge is -2.37. The summed E-state index contributed by atoms with van der Waals surface area (Å²) in [4.78, 5) is 23.6. The zero-order chi connectivity index (χ0) is 20.5. The fraction of sp³-hybridized carbons (Fsp3) is 0.240. The quantitative estimate of drug-likeness (QED) is 0.542. The van der Waals surface area contributed by atoms with Crippen molar-refractivity contribution >= 4 is 27.8 Å². The first-order valence-corrected chi connectivity index (χ1v) is 10.4. The molecule has 0 radical (unpaired) electrons. The van der Waals surface area contributed by atoms with Gasteiger partial charge in [0.05, 0.1) is 28.7 Å². The van der Waals surface area contributed by atoms with E-state index in [1.54, 1.807) is 0 Å². The average molecular weight is 397 g/mol. The Bertz CT molecular complexity index is 1140. The van der Waals surface area contributed by atoms with Crippen molar-refractivity contribution in [1.29, 1.82) is 0 Å². The van der Waals surface area contributed by atoms with Gasteiger partial charge in [-0.05, 0) is 49.2 Å². The number of aromatic nitrogens is 2. The van der Waals surface area contributed by atoms with E-state index in [0.717, 1.165) is 52.4 Å². The van der Waals surface area contributed by atoms with Crippen molar-refractivity contribution < 1.29 is 9.90 Å². The van der Waals surface area contributed by atoms with Crippen LogP contribution < -0.4 is 0 Å². The smallest absolute Gasteiger partial charge is 0.307 e. The summed E-state index contributed by atoms with van der Waals surface area (Å²) in [6.45, 7) is 1.36. The zero-order valence-corrected chi connectivity index (χ0v) is 16.6. The van der Waals surface area contributed by atoms with E-state index in [4.69, 9.17) is 4.98 Å². The third-order valence-electron chi connectivity index (χ3n) is 5.99. The normalized spacial score (nSPS) is 18.5. The number of para-hydroxylation sites is 2. The van der Waals surface area contributed by atoms with Crippen LogP contribution in [0.25, 0.3) is 21.8 Å². The van der Waals surface area contributed by atoms with Gasteiger partial charge >= 0.3 is 5.97 Å². The summed E-state index contributed by atoms with van der Waals surface area (Å²) in [6, 6.07) is 22.3. The summed E-state index contributed by atoms with van der Waals surface area (Å²) < 4.78 is 0. The molecule has 150 valence electrons. The third kappa shape index (κ3) is 3.53. The molecule has 4 aromatic rings. The van der Waals surface area contributed by atoms with E-state index < -0.39 is 5.97 Å². The number of carboxylic acids is 1. The Morgan fingerprint density at radius 3 is 2.60 bits per heavy atom. The Balaban J connectivity index is 1.62. The molecule has 5 nitrogen and oxygen atoms in total. The fourth-order valence-corrected chi connectivity index (χ4v) is 4.48. The third-order valence-corrected chi connectivity index (χ3v) is 5.99. The van der Waals surface area contributed by atoms with E-state index in [9.17, 15) is 9.90 Å². The summed E-state index contributed by atoms with van der Waals surface area (Å²) in [6.07, 6.45) is 3.50. The Morgan fingerprint density at radius 2 is 1.77 bits per heavy atom. The van der Waals surface area contributed by atoms with Crippen LogP contribution in [0.15, 0.2) is 72.9 Å². The molecular weight excluding hydrogens is 374 g/mol. The largest absolute Gasteiger partial charge is 0.481 e. The fourth-order valence-electron chi connectivity index (χ4n) is 4.48. The van der Waals surface area contributed by atoms with Crippen LogP contribution >= 0.6 is 0 Å². The Morgan fingerprint density at radius 1 is 1.00 bits per heavy atom. The summed E-state index contributed by atoms with van der Waals surface area (Å²) >= 11 is 0. The molecule has 1 fully saturated rings. The van der Waals surface area contributed by atoms with E-state index in [1.165, 1.54) is 0 Å². The van der Waals surface area contributed by atoms with Gasteiger partial charge in [-0.25, -0.2) is 0 Å². The lowest BCUT2D eigenvalue weighted by molar-refractivity contribution is -0.143. The Labute approximate surface area is 175 Å². The van der Waals surface area contributed by atoms with Crippen molar-refractivity contribution in [1.82, 2.24) is 14.9 Å². The summed E-state index contributed by atoms with van der Waals surface area (Å²) in [5.74, 6) is -1.07. The van der Waals surface area contributed by atoms with Crippen molar-refractivity contribution in [2.24, 2.45) is 5.92 Å². The molecular formula is C25H23N3O2. The predicted molar refractivity (Wildman–Crippen MR) is 117 cm³/mol. The monoisotopic (exact) mass is 397 g/mol. The first-order chi connectivity index (χ1) is 14.7. The highest BCUT2D eigenvalue weighted by molar-refractivity contribution is 5.80. The van der Waals surface area contributed by atoms with Crippen LogP contribution in [0.1, 0.15) is 30.1 Å². The van der Waals surface area contributed by atoms with Crippen molar-refractivity contribution in [2.45, 2.75) is 18.9 Å². The summed E-state index contributed by atoms with van der Waals surface area (Å²) in [7, 11) is 0. The van der Waals surface area contributed by atoms with E-state index >= 15 is 0 Å². The van der Waals surface area contributed by atoms with Gasteiger partial charge in [-0.3, -0.25) is 19.7 Å². The number of fused-ring (bicyclic) bond motifs is 2. The van der Waals surface area contributed by atoms with Gasteiger partial charge in [0.1, 0.15) is 0 Å². The number of carbonyl (C=O) groups is 1. The van der Waals surface area contributed by atoms with Crippen molar-refractivity contribution in [3.8, 4) is 0 Å². The van der Waals surface area contributed by atoms with Gasteiger partial charge in [-0.1, -0.05) is 42.5 Å². The summed E-state index contributed by atoms with van der Waals surface area (Å²) in [5.41, 5.74) is 3.87. The molecule has 2 aromatic heterocycles. The van der Waals surface area contributed by atoms with Gasteiger partial charge in [0.2, 0.25) is 0 Å². The molecule has 30 heavy (non-hydrogen) atoms. The molecule has 1 aliphatic rings. The maximum absolute atomic E-state index is 11.7. The molecule has 0 spiro atoms. The van der Waals surface area contributed by atoms with E-state index in [1.807, 2.05) is 42.6 Å². The minimum Gasteiger partial charge on any atom is -0.481 e. The number of benzene rings is 2. The number of rotatable bonds is 4. The topological polar surface area (TPSA) is 66.3 Å². The number of piperidine rings is 1. The van der Waals surface area contributed by atoms with Crippen LogP contribution in [-0.4, -0.2) is 39.0 Å². The van der Waals surface area contributed by atoms with E-state index in [2.05, 4.69) is 40.2 Å². The lowest BCUT2D eigenvalue weighted by Crippen LogP contribution is -2.41. The number of aliphatic carboxylic acids is 1. The lowest BCUT2D eigenvalue weighted by atomic mass is 9.93. The molecule has 0 amide bonds. The van der Waals surface area contributed by atoms with Crippen LogP contribution in [0.3, 0.4) is 0 Å². The molecule has 0 saturated carbocycles. The molecule has 0 aliphatic carbocycles. The highest BCUT2D eigenvalue weighted by atomic mass is 16.4. The van der Waals surface area contributed by atoms with Crippen molar-refractivity contribution in [3.05, 3.63) is 84.2 Å². The Hall–Kier alpha value is -3.31. The van der Waals surface area contributed by atoms with Crippen LogP contribution in [0, 0.1) is 5.92 Å². The van der Waals surface area contributed by atoms with Crippen LogP contribution in [0.4, 0.5) is 0 Å². The van der Waals surface area contributed by atoms with Gasteiger partial charge < -0.3 is 5.11 Å². The molecule has 5 rings (SSSR count). The molecule has 3 heterocycles. The van der Waals surface area contributed by atoms with Crippen LogP contribution in [0.2, 0.25) is 0 Å². The second-order valence-corrected chi connectivity index (χ2v) is 7.97. The standard InChI is InChI=1S/C25H23N3O2/c29-25(30)19-8-5-13-28(16-19)24(20-14-18-7-2-3-9-21(18)26-15-20)23-12-11-17-6-1-4-10-22(17)27-23/h1-4,6-7,9-12,14-15,19,24H,5,8,13,16H2,(H,29,30). The van der Waals surface area contributed by atoms with Gasteiger partial charge in [0.25, 0.3) is 0 Å². The van der Waals surface area contributed by atoms with Gasteiger partial charge in [0.15, 0.2) is 0 Å². The zero-order valence-electron chi connectivity index (χ0n) is 16.6. The van der Waals surface area contributed by atoms with Gasteiger partial charge in [-0.15, -0.1) is 0 Å². The van der Waals surface area contributed by atoms with Crippen molar-refractivity contribution in [3.63, 3.8) is 0 Å². The second-order valence-electron chi connectivity index (χ2n) is 7.97. The number of hydrogen-bond donors (Lipinski definition) is 1. The van der Waals surface area contributed by atoms with Crippen LogP contribution in [-0.2, 0) is 4.79 Å². The second kappa shape index (κ2) is 7.84. The van der Waals surface area contributed by atoms with Gasteiger partial charge in [-0.2, -0.15) is 0 Å². The molecule has 0 bridgehead atoms. The van der Waals surface area contributed by atoms with Crippen LogP contribution in [0.5, 0.6) is 0 Å². The van der Waals surface area contributed by atoms with E-state index in [0.29, 0.717) is 6.54 Å². The summed E-state index contributed by atoms with van der Waals surface area (Å²) in [5, 5.41) is 11.8.